The van der Waals surface area contributed by atoms with E-state index in [1.807, 2.05) is 48.5 Å². The van der Waals surface area contributed by atoms with Crippen LogP contribution in [0.2, 0.25) is 0 Å². The van der Waals surface area contributed by atoms with Gasteiger partial charge in [0.15, 0.2) is 0 Å². The smallest absolute Gasteiger partial charge is 0.122 e. The summed E-state index contributed by atoms with van der Waals surface area (Å²) in [6, 6.07) is 20.0. The number of nitrogens with two attached hydrogens (primary N) is 1. The number of methoxy groups -OCH3 is 1. The first kappa shape index (κ1) is 24.2. The van der Waals surface area contributed by atoms with Gasteiger partial charge in [-0.25, -0.2) is 0 Å². The molecule has 3 N–H and O–H groups in total. The molecule has 5 heteroatoms. The van der Waals surface area contributed by atoms with E-state index in [0.29, 0.717) is 13.2 Å². The summed E-state index contributed by atoms with van der Waals surface area (Å²) in [5, 5.41) is 7.56. The molecule has 0 bridgehead atoms. The lowest BCUT2D eigenvalue weighted by Crippen LogP contribution is -2.11. The van der Waals surface area contributed by atoms with E-state index in [-0.39, 0.29) is 5.84 Å². The third-order valence-electron chi connectivity index (χ3n) is 5.49. The molecule has 174 valence electrons. The van der Waals surface area contributed by atoms with Gasteiger partial charge in [-0.1, -0.05) is 57.0 Å². The van der Waals surface area contributed by atoms with Crippen LogP contribution in [0.3, 0.4) is 0 Å². The molecule has 0 spiro atoms. The summed E-state index contributed by atoms with van der Waals surface area (Å²) >= 11 is 0. The van der Waals surface area contributed by atoms with Gasteiger partial charge >= 0.3 is 0 Å². The predicted molar refractivity (Wildman–Crippen MR) is 135 cm³/mol. The Morgan fingerprint density at radius 1 is 0.758 bits per heavy atom. The quantitative estimate of drug-likeness (QED) is 0.203. The van der Waals surface area contributed by atoms with Crippen LogP contribution in [-0.2, 0) is 12.8 Å². The number of hydrogen-bond donors (Lipinski definition) is 2. The highest BCUT2D eigenvalue weighted by Crippen LogP contribution is 2.29. The van der Waals surface area contributed by atoms with Crippen molar-refractivity contribution in [1.82, 2.24) is 0 Å². The first-order valence-corrected chi connectivity index (χ1v) is 11.6. The Bertz CT molecular complexity index is 1060. The molecule has 0 aromatic heterocycles. The molecule has 3 aromatic rings. The average Bonchev–Trinajstić information content (AvgIpc) is 2.83. The number of amidine groups is 1. The number of aryl methyl sites for hydroxylation is 2. The van der Waals surface area contributed by atoms with Gasteiger partial charge in [-0.05, 0) is 65.4 Å². The first-order chi connectivity index (χ1) is 16.0. The van der Waals surface area contributed by atoms with Crippen molar-refractivity contribution in [1.29, 1.82) is 5.41 Å². The standard InChI is InChI=1S/C28H34N2O3/c1-4-6-23-18-22(20-8-10-21(11-9-20)28(29)30)12-14-26(23)32-16-17-33-27-15-13-25(31-3)19-24(27)7-5-2/h8-15,18-19H,4-7,16-17H2,1-3H3,(H3,29,30). The van der Waals surface area contributed by atoms with Crippen molar-refractivity contribution in [2.24, 2.45) is 5.73 Å². The van der Waals surface area contributed by atoms with Gasteiger partial charge in [0.2, 0.25) is 0 Å². The van der Waals surface area contributed by atoms with Gasteiger partial charge in [0.1, 0.15) is 36.3 Å². The van der Waals surface area contributed by atoms with Crippen LogP contribution in [0, 0.1) is 5.41 Å². The second kappa shape index (κ2) is 12.0. The van der Waals surface area contributed by atoms with E-state index in [4.69, 9.17) is 25.4 Å². The largest absolute Gasteiger partial charge is 0.497 e. The van der Waals surface area contributed by atoms with Gasteiger partial charge < -0.3 is 19.9 Å². The lowest BCUT2D eigenvalue weighted by atomic mass is 9.99. The average molecular weight is 447 g/mol. The van der Waals surface area contributed by atoms with Crippen molar-refractivity contribution in [3.8, 4) is 28.4 Å². The van der Waals surface area contributed by atoms with Gasteiger partial charge in [0.05, 0.1) is 7.11 Å². The van der Waals surface area contributed by atoms with Crippen molar-refractivity contribution in [3.63, 3.8) is 0 Å². The number of nitrogens with one attached hydrogen (secondary N) is 1. The molecule has 0 fully saturated rings. The third-order valence-corrected chi connectivity index (χ3v) is 5.49. The van der Waals surface area contributed by atoms with E-state index < -0.39 is 0 Å². The maximum absolute atomic E-state index is 7.56. The Hall–Kier alpha value is -3.47. The van der Waals surface area contributed by atoms with Gasteiger partial charge in [0.25, 0.3) is 0 Å². The lowest BCUT2D eigenvalue weighted by molar-refractivity contribution is 0.214. The van der Waals surface area contributed by atoms with Crippen molar-refractivity contribution < 1.29 is 14.2 Å². The van der Waals surface area contributed by atoms with Crippen LogP contribution < -0.4 is 19.9 Å². The molecule has 0 aliphatic heterocycles. The second-order valence-electron chi connectivity index (χ2n) is 7.98. The fourth-order valence-corrected chi connectivity index (χ4v) is 3.80. The van der Waals surface area contributed by atoms with Gasteiger partial charge in [-0.15, -0.1) is 0 Å². The maximum atomic E-state index is 7.56. The van der Waals surface area contributed by atoms with Crippen molar-refractivity contribution in [2.75, 3.05) is 20.3 Å². The van der Waals surface area contributed by atoms with Crippen molar-refractivity contribution >= 4 is 5.84 Å². The van der Waals surface area contributed by atoms with E-state index in [0.717, 1.165) is 65.2 Å². The molecule has 0 atom stereocenters. The molecule has 0 amide bonds. The van der Waals surface area contributed by atoms with Crippen molar-refractivity contribution in [2.45, 2.75) is 39.5 Å². The third kappa shape index (κ3) is 6.51. The molecule has 0 unspecified atom stereocenters. The minimum Gasteiger partial charge on any atom is -0.497 e. The number of hydrogen-bond acceptors (Lipinski definition) is 4. The highest BCUT2D eigenvalue weighted by Gasteiger charge is 2.09. The van der Waals surface area contributed by atoms with E-state index in [1.54, 1.807) is 7.11 Å². The SMILES string of the molecule is CCCc1cc(OC)ccc1OCCOc1ccc(-c2ccc(C(=N)N)cc2)cc1CCC. The molecule has 0 saturated carbocycles. The minimum absolute atomic E-state index is 0.0793. The molecule has 0 radical (unpaired) electrons. The Morgan fingerprint density at radius 2 is 1.30 bits per heavy atom. The zero-order valence-electron chi connectivity index (χ0n) is 19.8. The molecule has 0 heterocycles. The molecule has 5 nitrogen and oxygen atoms in total. The highest BCUT2D eigenvalue weighted by atomic mass is 16.5. The summed E-state index contributed by atoms with van der Waals surface area (Å²) < 4.78 is 17.5. The molecule has 33 heavy (non-hydrogen) atoms. The van der Waals surface area contributed by atoms with Crippen LogP contribution >= 0.6 is 0 Å². The van der Waals surface area contributed by atoms with Crippen LogP contribution in [0.25, 0.3) is 11.1 Å². The van der Waals surface area contributed by atoms with Crippen LogP contribution in [-0.4, -0.2) is 26.2 Å². The van der Waals surface area contributed by atoms with Crippen LogP contribution in [0.15, 0.2) is 60.7 Å². The molecule has 0 aliphatic rings. The van der Waals surface area contributed by atoms with Crippen LogP contribution in [0.5, 0.6) is 17.2 Å². The van der Waals surface area contributed by atoms with Crippen LogP contribution in [0.4, 0.5) is 0 Å². The van der Waals surface area contributed by atoms with E-state index in [1.165, 1.54) is 5.56 Å². The van der Waals surface area contributed by atoms with Gasteiger partial charge in [0, 0.05) is 5.56 Å². The molecule has 3 aromatic carbocycles. The van der Waals surface area contributed by atoms with E-state index in [2.05, 4.69) is 26.0 Å². The van der Waals surface area contributed by atoms with Crippen LogP contribution in [0.1, 0.15) is 43.4 Å². The normalized spacial score (nSPS) is 10.6. The summed E-state index contributed by atoms with van der Waals surface area (Å²) in [5.41, 5.74) is 10.9. The molecular weight excluding hydrogens is 412 g/mol. The Morgan fingerprint density at radius 3 is 1.85 bits per heavy atom. The predicted octanol–water partition coefficient (Wildman–Crippen LogP) is 6.01. The summed E-state index contributed by atoms with van der Waals surface area (Å²) in [7, 11) is 1.68. The highest BCUT2D eigenvalue weighted by molar-refractivity contribution is 5.95. The fraction of sp³-hybridized carbons (Fsp3) is 0.321. The zero-order chi connectivity index (χ0) is 23.6. The van der Waals surface area contributed by atoms with Gasteiger partial charge in [-0.2, -0.15) is 0 Å². The molecular formula is C28H34N2O3. The summed E-state index contributed by atoms with van der Waals surface area (Å²) in [6.45, 7) is 5.27. The number of rotatable bonds is 12. The topological polar surface area (TPSA) is 77.6 Å². The monoisotopic (exact) mass is 446 g/mol. The zero-order valence-corrected chi connectivity index (χ0v) is 19.8. The molecule has 0 saturated heterocycles. The van der Waals surface area contributed by atoms with E-state index >= 15 is 0 Å². The summed E-state index contributed by atoms with van der Waals surface area (Å²) in [5.74, 6) is 2.71. The molecule has 3 rings (SSSR count). The van der Waals surface area contributed by atoms with Crippen molar-refractivity contribution in [3.05, 3.63) is 77.4 Å². The number of benzene rings is 3. The minimum atomic E-state index is 0.0793. The summed E-state index contributed by atoms with van der Waals surface area (Å²) in [6.07, 6.45) is 3.97. The van der Waals surface area contributed by atoms with Gasteiger partial charge in [-0.3, -0.25) is 5.41 Å². The lowest BCUT2D eigenvalue weighted by Gasteiger charge is -2.15. The Balaban J connectivity index is 1.65. The second-order valence-corrected chi connectivity index (χ2v) is 7.98. The number of nitrogen functional groups attached to an aromatic ring is 1. The Labute approximate surface area is 197 Å². The number of ether oxygens (including phenoxy) is 3. The van der Waals surface area contributed by atoms with E-state index in [9.17, 15) is 0 Å². The fourth-order valence-electron chi connectivity index (χ4n) is 3.80. The maximum Gasteiger partial charge on any atom is 0.122 e. The Kier molecular flexibility index (Phi) is 8.76. The first-order valence-electron chi connectivity index (χ1n) is 11.6. The summed E-state index contributed by atoms with van der Waals surface area (Å²) in [4.78, 5) is 0. The molecule has 0 aliphatic carbocycles.